The third-order valence-corrected chi connectivity index (χ3v) is 4.96. The number of sulfonamides is 1. The molecule has 8 nitrogen and oxygen atoms in total. The molecule has 2 amide bonds. The molecule has 1 aromatic heterocycles. The monoisotopic (exact) mass is 417 g/mol. The summed E-state index contributed by atoms with van der Waals surface area (Å²) in [5.74, 6) is -0.198. The standard InChI is InChI=1S/C20H23N3O5S/c1-2-12-22-29(26,27)15-16-5-7-17(8-6-16)23-20(25)11-13-21-19(24)10-9-18-4-3-14-28-18/h2-10,14,22H,1,11-13,15H2,(H,21,24)(H,23,25)/b10-9+. The third-order valence-electron chi connectivity index (χ3n) is 3.64. The van der Waals surface area contributed by atoms with E-state index < -0.39 is 10.0 Å². The van der Waals surface area contributed by atoms with Gasteiger partial charge in [-0.1, -0.05) is 18.2 Å². The molecule has 0 aliphatic rings. The van der Waals surface area contributed by atoms with Crippen molar-refractivity contribution in [1.82, 2.24) is 10.0 Å². The van der Waals surface area contributed by atoms with Gasteiger partial charge in [-0.05, 0) is 35.9 Å². The predicted molar refractivity (Wildman–Crippen MR) is 111 cm³/mol. The molecule has 0 saturated heterocycles. The van der Waals surface area contributed by atoms with Crippen molar-refractivity contribution in [2.45, 2.75) is 12.2 Å². The topological polar surface area (TPSA) is 118 Å². The summed E-state index contributed by atoms with van der Waals surface area (Å²) >= 11 is 0. The van der Waals surface area contributed by atoms with Gasteiger partial charge in [-0.2, -0.15) is 0 Å². The average Bonchev–Trinajstić information content (AvgIpc) is 3.20. The molecule has 0 spiro atoms. The lowest BCUT2D eigenvalue weighted by Gasteiger charge is -2.08. The van der Waals surface area contributed by atoms with Crippen molar-refractivity contribution in [3.63, 3.8) is 0 Å². The van der Waals surface area contributed by atoms with Crippen LogP contribution in [0.2, 0.25) is 0 Å². The number of amides is 2. The number of furan rings is 1. The van der Waals surface area contributed by atoms with Gasteiger partial charge in [0.15, 0.2) is 0 Å². The van der Waals surface area contributed by atoms with E-state index in [9.17, 15) is 18.0 Å². The van der Waals surface area contributed by atoms with Crippen LogP contribution in [0.3, 0.4) is 0 Å². The van der Waals surface area contributed by atoms with E-state index in [1.54, 1.807) is 36.4 Å². The van der Waals surface area contributed by atoms with E-state index in [1.807, 2.05) is 0 Å². The second-order valence-corrected chi connectivity index (χ2v) is 7.84. The van der Waals surface area contributed by atoms with Crippen molar-refractivity contribution < 1.29 is 22.4 Å². The van der Waals surface area contributed by atoms with Gasteiger partial charge in [0.05, 0.1) is 12.0 Å². The second-order valence-electron chi connectivity index (χ2n) is 6.03. The molecule has 9 heteroatoms. The molecule has 2 aromatic rings. The van der Waals surface area contributed by atoms with E-state index in [4.69, 9.17) is 4.42 Å². The highest BCUT2D eigenvalue weighted by atomic mass is 32.2. The van der Waals surface area contributed by atoms with E-state index in [0.29, 0.717) is 17.0 Å². The molecule has 0 saturated carbocycles. The molecule has 0 bridgehead atoms. The van der Waals surface area contributed by atoms with E-state index in [2.05, 4.69) is 21.9 Å². The van der Waals surface area contributed by atoms with Gasteiger partial charge >= 0.3 is 0 Å². The number of anilines is 1. The number of hydrogen-bond donors (Lipinski definition) is 3. The maximum Gasteiger partial charge on any atom is 0.244 e. The van der Waals surface area contributed by atoms with Gasteiger partial charge in [-0.15, -0.1) is 6.58 Å². The summed E-state index contributed by atoms with van der Waals surface area (Å²) in [6.07, 6.45) is 5.93. The lowest BCUT2D eigenvalue weighted by atomic mass is 10.2. The number of carbonyl (C=O) groups is 2. The van der Waals surface area contributed by atoms with Crippen LogP contribution >= 0.6 is 0 Å². The van der Waals surface area contributed by atoms with E-state index in [-0.39, 0.29) is 37.1 Å². The zero-order valence-electron chi connectivity index (χ0n) is 15.8. The summed E-state index contributed by atoms with van der Waals surface area (Å²) in [5, 5.41) is 5.30. The maximum absolute atomic E-state index is 12.0. The van der Waals surface area contributed by atoms with Crippen LogP contribution in [0.1, 0.15) is 17.7 Å². The van der Waals surface area contributed by atoms with E-state index in [1.165, 1.54) is 24.5 Å². The Kier molecular flexibility index (Phi) is 8.38. The van der Waals surface area contributed by atoms with Gasteiger partial charge in [-0.3, -0.25) is 9.59 Å². The zero-order valence-corrected chi connectivity index (χ0v) is 16.6. The van der Waals surface area contributed by atoms with Gasteiger partial charge in [-0.25, -0.2) is 13.1 Å². The number of rotatable bonds is 11. The van der Waals surface area contributed by atoms with Crippen molar-refractivity contribution in [2.24, 2.45) is 0 Å². The molecular weight excluding hydrogens is 394 g/mol. The quantitative estimate of drug-likeness (QED) is 0.382. The SMILES string of the molecule is C=CCNS(=O)(=O)Cc1ccc(NC(=O)CCNC(=O)/C=C/c2ccco2)cc1. The molecule has 154 valence electrons. The van der Waals surface area contributed by atoms with Crippen LogP contribution in [0, 0.1) is 0 Å². The molecule has 0 atom stereocenters. The molecule has 3 N–H and O–H groups in total. The molecule has 29 heavy (non-hydrogen) atoms. The minimum Gasteiger partial charge on any atom is -0.465 e. The summed E-state index contributed by atoms with van der Waals surface area (Å²) in [7, 11) is -3.43. The van der Waals surface area contributed by atoms with Crippen LogP contribution in [0.15, 0.2) is 65.8 Å². The lowest BCUT2D eigenvalue weighted by Crippen LogP contribution is -2.26. The van der Waals surface area contributed by atoms with Crippen molar-refractivity contribution in [3.8, 4) is 0 Å². The fourth-order valence-corrected chi connectivity index (χ4v) is 3.37. The van der Waals surface area contributed by atoms with Crippen LogP contribution in [0.4, 0.5) is 5.69 Å². The van der Waals surface area contributed by atoms with Crippen molar-refractivity contribution in [2.75, 3.05) is 18.4 Å². The van der Waals surface area contributed by atoms with Crippen LogP contribution in [0.5, 0.6) is 0 Å². The molecule has 0 aliphatic carbocycles. The normalized spacial score (nSPS) is 11.3. The largest absolute Gasteiger partial charge is 0.465 e. The second kappa shape index (κ2) is 11.0. The first-order chi connectivity index (χ1) is 13.9. The Morgan fingerprint density at radius 1 is 1.14 bits per heavy atom. The maximum atomic E-state index is 12.0. The van der Waals surface area contributed by atoms with Gasteiger partial charge in [0.1, 0.15) is 5.76 Å². The summed E-state index contributed by atoms with van der Waals surface area (Å²) in [6.45, 7) is 3.81. The summed E-state index contributed by atoms with van der Waals surface area (Å²) in [6, 6.07) is 9.94. The van der Waals surface area contributed by atoms with Gasteiger partial charge < -0.3 is 15.1 Å². The molecule has 1 aromatic carbocycles. The number of carbonyl (C=O) groups excluding carboxylic acids is 2. The number of nitrogens with one attached hydrogen (secondary N) is 3. The van der Waals surface area contributed by atoms with Crippen molar-refractivity contribution in [1.29, 1.82) is 0 Å². The summed E-state index contributed by atoms with van der Waals surface area (Å²) < 4.78 is 31.1. The Morgan fingerprint density at radius 2 is 1.90 bits per heavy atom. The highest BCUT2D eigenvalue weighted by Crippen LogP contribution is 2.12. The molecule has 0 fully saturated rings. The highest BCUT2D eigenvalue weighted by Gasteiger charge is 2.10. The fourth-order valence-electron chi connectivity index (χ4n) is 2.27. The van der Waals surface area contributed by atoms with Gasteiger partial charge in [0.2, 0.25) is 21.8 Å². The third kappa shape index (κ3) is 8.58. The Bertz CT molecular complexity index is 949. The predicted octanol–water partition coefficient (Wildman–Crippen LogP) is 2.04. The Labute approximate surface area is 169 Å². The molecule has 1 heterocycles. The Balaban J connectivity index is 1.73. The molecule has 0 unspecified atom stereocenters. The highest BCUT2D eigenvalue weighted by molar-refractivity contribution is 7.88. The smallest absolute Gasteiger partial charge is 0.244 e. The summed E-state index contributed by atoms with van der Waals surface area (Å²) in [4.78, 5) is 23.6. The molecular formula is C20H23N3O5S. The first-order valence-corrected chi connectivity index (χ1v) is 10.5. The van der Waals surface area contributed by atoms with Crippen LogP contribution in [0.25, 0.3) is 6.08 Å². The zero-order chi connectivity index (χ0) is 21.1. The molecule has 2 rings (SSSR count). The molecule has 0 aliphatic heterocycles. The first kappa shape index (κ1) is 22.1. The van der Waals surface area contributed by atoms with Crippen molar-refractivity contribution >= 4 is 33.6 Å². The average molecular weight is 417 g/mol. The van der Waals surface area contributed by atoms with Crippen LogP contribution in [-0.2, 0) is 25.4 Å². The van der Waals surface area contributed by atoms with Crippen molar-refractivity contribution in [3.05, 3.63) is 72.7 Å². The van der Waals surface area contributed by atoms with Gasteiger partial charge in [0.25, 0.3) is 0 Å². The minimum atomic E-state index is -3.43. The van der Waals surface area contributed by atoms with E-state index in [0.717, 1.165) is 0 Å². The summed E-state index contributed by atoms with van der Waals surface area (Å²) in [5.41, 5.74) is 1.13. The van der Waals surface area contributed by atoms with Crippen LogP contribution in [-0.4, -0.2) is 33.3 Å². The number of benzene rings is 1. The minimum absolute atomic E-state index is 0.0991. The van der Waals surface area contributed by atoms with Crippen LogP contribution < -0.4 is 15.4 Å². The van der Waals surface area contributed by atoms with E-state index >= 15 is 0 Å². The first-order valence-electron chi connectivity index (χ1n) is 8.84. The fraction of sp³-hybridized carbons (Fsp3) is 0.200. The Morgan fingerprint density at radius 3 is 2.55 bits per heavy atom. The lowest BCUT2D eigenvalue weighted by molar-refractivity contribution is -0.117. The van der Waals surface area contributed by atoms with Gasteiger partial charge in [0, 0.05) is 31.3 Å². The Hall–Kier alpha value is -3.17. The molecule has 0 radical (unpaired) electrons. The number of hydrogen-bond acceptors (Lipinski definition) is 5.